The average Bonchev–Trinajstić information content (AvgIpc) is 3.02. The van der Waals surface area contributed by atoms with Crippen LogP contribution in [0.2, 0.25) is 0 Å². The summed E-state index contributed by atoms with van der Waals surface area (Å²) in [5.41, 5.74) is 0.298. The van der Waals surface area contributed by atoms with Gasteiger partial charge in [-0.1, -0.05) is 31.0 Å². The molecule has 2 saturated heterocycles. The maximum Gasteiger partial charge on any atom is 0.256 e. The molecule has 1 aromatic heterocycles. The SMILES string of the molecule is O=C(Nc1cccc(NC(=O)c2cccc(S(=O)(=O)N3CCCCC3)c2)n1)c1cccc(S(=O)(=O)N2CCCCC2)c1. The maximum atomic E-state index is 13.0. The average molecular weight is 612 g/mol. The van der Waals surface area contributed by atoms with Crippen molar-refractivity contribution in [2.24, 2.45) is 0 Å². The lowest BCUT2D eigenvalue weighted by Crippen LogP contribution is -2.35. The van der Waals surface area contributed by atoms with E-state index in [1.807, 2.05) is 0 Å². The van der Waals surface area contributed by atoms with E-state index < -0.39 is 31.9 Å². The third-order valence-electron chi connectivity index (χ3n) is 7.33. The Morgan fingerprint density at radius 1 is 0.571 bits per heavy atom. The smallest absolute Gasteiger partial charge is 0.256 e. The summed E-state index contributed by atoms with van der Waals surface area (Å²) < 4.78 is 55.1. The van der Waals surface area contributed by atoms with E-state index >= 15 is 0 Å². The topological polar surface area (TPSA) is 146 Å². The number of aromatic nitrogens is 1. The summed E-state index contributed by atoms with van der Waals surface area (Å²) in [6.07, 6.45) is 5.21. The number of carbonyl (C=O) groups is 2. The third kappa shape index (κ3) is 6.70. The fourth-order valence-corrected chi connectivity index (χ4v) is 8.18. The molecule has 222 valence electrons. The Bertz CT molecular complexity index is 1560. The molecule has 2 aliphatic rings. The highest BCUT2D eigenvalue weighted by Gasteiger charge is 2.28. The normalized spacial score (nSPS) is 17.0. The number of amides is 2. The Hall–Kier alpha value is -3.65. The van der Waals surface area contributed by atoms with Crippen molar-refractivity contribution in [2.75, 3.05) is 36.8 Å². The molecule has 2 fully saturated rings. The molecule has 13 heteroatoms. The highest BCUT2D eigenvalue weighted by Crippen LogP contribution is 2.23. The maximum absolute atomic E-state index is 13.0. The largest absolute Gasteiger partial charge is 0.306 e. The fraction of sp³-hybridized carbons (Fsp3) is 0.345. The number of hydrogen-bond acceptors (Lipinski definition) is 7. The van der Waals surface area contributed by atoms with Gasteiger partial charge < -0.3 is 10.6 Å². The summed E-state index contributed by atoms with van der Waals surface area (Å²) in [6, 6.07) is 16.4. The van der Waals surface area contributed by atoms with Crippen LogP contribution in [0, 0.1) is 0 Å². The van der Waals surface area contributed by atoms with Crippen molar-refractivity contribution in [1.82, 2.24) is 13.6 Å². The number of hydrogen-bond donors (Lipinski definition) is 2. The summed E-state index contributed by atoms with van der Waals surface area (Å²) in [4.78, 5) is 30.3. The van der Waals surface area contributed by atoms with Crippen molar-refractivity contribution in [3.63, 3.8) is 0 Å². The number of carbonyl (C=O) groups excluding carboxylic acids is 2. The predicted molar refractivity (Wildman–Crippen MR) is 158 cm³/mol. The molecule has 0 unspecified atom stereocenters. The fourth-order valence-electron chi connectivity index (χ4n) is 5.06. The van der Waals surface area contributed by atoms with Crippen LogP contribution in [0.5, 0.6) is 0 Å². The lowest BCUT2D eigenvalue weighted by molar-refractivity contribution is 0.101. The number of nitrogens with zero attached hydrogens (tertiary/aromatic N) is 3. The van der Waals surface area contributed by atoms with Gasteiger partial charge in [-0.25, -0.2) is 21.8 Å². The highest BCUT2D eigenvalue weighted by atomic mass is 32.2. The number of anilines is 2. The van der Waals surface area contributed by atoms with Crippen LogP contribution in [-0.2, 0) is 20.0 Å². The minimum atomic E-state index is -3.71. The summed E-state index contributed by atoms with van der Waals surface area (Å²) in [5.74, 6) is -0.832. The third-order valence-corrected chi connectivity index (χ3v) is 11.1. The zero-order valence-corrected chi connectivity index (χ0v) is 24.7. The van der Waals surface area contributed by atoms with Crippen molar-refractivity contribution in [2.45, 2.75) is 48.3 Å². The first-order valence-electron chi connectivity index (χ1n) is 13.9. The first-order chi connectivity index (χ1) is 20.1. The van der Waals surface area contributed by atoms with Crippen molar-refractivity contribution >= 4 is 43.5 Å². The molecule has 42 heavy (non-hydrogen) atoms. The molecule has 2 aromatic carbocycles. The van der Waals surface area contributed by atoms with Gasteiger partial charge in [-0.05, 0) is 74.2 Å². The highest BCUT2D eigenvalue weighted by molar-refractivity contribution is 7.89. The lowest BCUT2D eigenvalue weighted by Gasteiger charge is -2.26. The quantitative estimate of drug-likeness (QED) is 0.392. The molecule has 0 spiro atoms. The van der Waals surface area contributed by atoms with Gasteiger partial charge in [-0.2, -0.15) is 8.61 Å². The number of piperidine rings is 2. The van der Waals surface area contributed by atoms with Gasteiger partial charge in [0.2, 0.25) is 20.0 Å². The molecule has 2 aliphatic heterocycles. The zero-order chi connectivity index (χ0) is 29.7. The second-order valence-corrected chi connectivity index (χ2v) is 14.2. The Morgan fingerprint density at radius 3 is 1.36 bits per heavy atom. The van der Waals surface area contributed by atoms with Crippen LogP contribution >= 0.6 is 0 Å². The van der Waals surface area contributed by atoms with Gasteiger partial charge in [0, 0.05) is 37.3 Å². The van der Waals surface area contributed by atoms with Gasteiger partial charge in [0.25, 0.3) is 11.8 Å². The molecule has 11 nitrogen and oxygen atoms in total. The molecule has 0 bridgehead atoms. The first-order valence-corrected chi connectivity index (χ1v) is 16.8. The summed E-state index contributed by atoms with van der Waals surface area (Å²) in [5, 5.41) is 5.28. The van der Waals surface area contributed by atoms with Gasteiger partial charge in [-0.3, -0.25) is 9.59 Å². The molecule has 3 heterocycles. The molecule has 5 rings (SSSR count). The van der Waals surface area contributed by atoms with E-state index in [0.29, 0.717) is 26.2 Å². The number of rotatable bonds is 8. The van der Waals surface area contributed by atoms with Crippen LogP contribution in [-0.4, -0.2) is 68.4 Å². The molecule has 2 amide bonds. The number of sulfonamides is 2. The summed E-state index contributed by atoms with van der Waals surface area (Å²) in [7, 11) is -7.41. The van der Waals surface area contributed by atoms with Crippen LogP contribution in [0.4, 0.5) is 11.6 Å². The second kappa shape index (κ2) is 12.7. The summed E-state index contributed by atoms with van der Waals surface area (Å²) >= 11 is 0. The van der Waals surface area contributed by atoms with Crippen LogP contribution < -0.4 is 10.6 Å². The van der Waals surface area contributed by atoms with E-state index in [4.69, 9.17) is 0 Å². The summed E-state index contributed by atoms with van der Waals surface area (Å²) in [6.45, 7) is 1.83. The van der Waals surface area contributed by atoms with Gasteiger partial charge in [-0.15, -0.1) is 0 Å². The van der Waals surface area contributed by atoms with E-state index in [-0.39, 0.29) is 32.6 Å². The van der Waals surface area contributed by atoms with E-state index in [2.05, 4.69) is 15.6 Å². The van der Waals surface area contributed by atoms with Crippen LogP contribution in [0.1, 0.15) is 59.2 Å². The van der Waals surface area contributed by atoms with Crippen LogP contribution in [0.15, 0.2) is 76.5 Å². The second-order valence-electron chi connectivity index (χ2n) is 10.3. The van der Waals surface area contributed by atoms with E-state index in [1.165, 1.54) is 69.3 Å². The minimum Gasteiger partial charge on any atom is -0.306 e. The Morgan fingerprint density at radius 2 is 0.952 bits per heavy atom. The molecule has 2 N–H and O–H groups in total. The van der Waals surface area contributed by atoms with Gasteiger partial charge >= 0.3 is 0 Å². The zero-order valence-electron chi connectivity index (χ0n) is 23.0. The molecule has 0 aliphatic carbocycles. The van der Waals surface area contributed by atoms with Crippen LogP contribution in [0.3, 0.4) is 0 Å². The Balaban J connectivity index is 1.27. The number of pyridine rings is 1. The standard InChI is InChI=1S/C29H33N5O6S2/c35-28(22-10-7-12-24(20-22)41(37,38)33-16-3-1-4-17-33)31-26-14-9-15-27(30-26)32-29(36)23-11-8-13-25(21-23)42(39,40)34-18-5-2-6-19-34/h7-15,20-21H,1-6,16-19H2,(H2,30,31,32,35,36). The van der Waals surface area contributed by atoms with Crippen molar-refractivity contribution in [1.29, 1.82) is 0 Å². The predicted octanol–water partition coefficient (Wildman–Crippen LogP) is 3.94. The van der Waals surface area contributed by atoms with E-state index in [1.54, 1.807) is 6.07 Å². The van der Waals surface area contributed by atoms with Crippen molar-refractivity contribution < 1.29 is 26.4 Å². The molecule has 0 radical (unpaired) electrons. The monoisotopic (exact) mass is 611 g/mol. The molecular weight excluding hydrogens is 578 g/mol. The van der Waals surface area contributed by atoms with Gasteiger partial charge in [0.05, 0.1) is 9.79 Å². The molecule has 0 saturated carbocycles. The van der Waals surface area contributed by atoms with Gasteiger partial charge in [0.1, 0.15) is 11.6 Å². The molecule has 3 aromatic rings. The van der Waals surface area contributed by atoms with E-state index in [0.717, 1.165) is 38.5 Å². The first kappa shape index (κ1) is 29.8. The van der Waals surface area contributed by atoms with Crippen molar-refractivity contribution in [3.05, 3.63) is 77.9 Å². The van der Waals surface area contributed by atoms with Gasteiger partial charge in [0.15, 0.2) is 0 Å². The number of benzene rings is 2. The van der Waals surface area contributed by atoms with E-state index in [9.17, 15) is 26.4 Å². The molecular formula is C29H33N5O6S2. The Kier molecular flexibility index (Phi) is 9.02. The Labute approximate surface area is 246 Å². The number of nitrogens with one attached hydrogen (secondary N) is 2. The van der Waals surface area contributed by atoms with Crippen molar-refractivity contribution in [3.8, 4) is 0 Å². The molecule has 0 atom stereocenters. The van der Waals surface area contributed by atoms with Crippen LogP contribution in [0.25, 0.3) is 0 Å². The lowest BCUT2D eigenvalue weighted by atomic mass is 10.2. The minimum absolute atomic E-state index is 0.0514.